The van der Waals surface area contributed by atoms with Crippen molar-refractivity contribution in [1.29, 1.82) is 0 Å². The van der Waals surface area contributed by atoms with Crippen LogP contribution in [0, 0.1) is 0 Å². The molecule has 1 heterocycles. The lowest BCUT2D eigenvalue weighted by molar-refractivity contribution is -0.133. The van der Waals surface area contributed by atoms with Gasteiger partial charge in [0.1, 0.15) is 5.76 Å². The summed E-state index contributed by atoms with van der Waals surface area (Å²) < 4.78 is 0. The minimum atomic E-state index is -1.27. The molecule has 0 aliphatic carbocycles. The third-order valence-electron chi connectivity index (χ3n) is 1.84. The zero-order valence-corrected chi connectivity index (χ0v) is 6.73. The van der Waals surface area contributed by atoms with Crippen molar-refractivity contribution in [2.45, 2.75) is 6.42 Å². The first-order valence-electron chi connectivity index (χ1n) is 3.64. The van der Waals surface area contributed by atoms with Crippen LogP contribution in [0.5, 0.6) is 0 Å². The molecule has 1 rings (SSSR count). The van der Waals surface area contributed by atoms with Crippen LogP contribution in [0.2, 0.25) is 0 Å². The Morgan fingerprint density at radius 2 is 1.92 bits per heavy atom. The second-order valence-electron chi connectivity index (χ2n) is 2.68. The smallest absolute Gasteiger partial charge is 0.407 e. The van der Waals surface area contributed by atoms with Crippen LogP contribution >= 0.6 is 0 Å². The summed E-state index contributed by atoms with van der Waals surface area (Å²) in [5, 5.41) is 26.2. The van der Waals surface area contributed by atoms with Gasteiger partial charge in [0.05, 0.1) is 12.1 Å². The molecule has 6 nitrogen and oxygen atoms in total. The Bertz CT molecular complexity index is 283. The van der Waals surface area contributed by atoms with E-state index in [0.29, 0.717) is 0 Å². The van der Waals surface area contributed by atoms with Crippen molar-refractivity contribution in [3.8, 4) is 0 Å². The van der Waals surface area contributed by atoms with Crippen molar-refractivity contribution in [3.63, 3.8) is 0 Å². The maximum Gasteiger partial charge on any atom is 0.407 e. The number of rotatable bonds is 1. The zero-order chi connectivity index (χ0) is 10.0. The molecule has 0 aromatic carbocycles. The maximum absolute atomic E-state index is 10.5. The number of carbonyl (C=O) groups is 2. The topological polar surface area (TPSA) is 98.1 Å². The van der Waals surface area contributed by atoms with Gasteiger partial charge in [0.25, 0.3) is 0 Å². The lowest BCUT2D eigenvalue weighted by Crippen LogP contribution is -2.37. The summed E-state index contributed by atoms with van der Waals surface area (Å²) in [4.78, 5) is 21.9. The lowest BCUT2D eigenvalue weighted by atomic mass is 10.1. The predicted molar refractivity (Wildman–Crippen MR) is 41.5 cm³/mol. The Labute approximate surface area is 73.7 Å². The van der Waals surface area contributed by atoms with Gasteiger partial charge in [0.2, 0.25) is 0 Å². The second kappa shape index (κ2) is 3.34. The molecule has 0 saturated carbocycles. The van der Waals surface area contributed by atoms with Gasteiger partial charge in [-0.2, -0.15) is 0 Å². The average molecular weight is 187 g/mol. The third kappa shape index (κ3) is 1.90. The minimum Gasteiger partial charge on any atom is -0.512 e. The molecule has 0 spiro atoms. The molecular weight excluding hydrogens is 178 g/mol. The van der Waals surface area contributed by atoms with Crippen LogP contribution in [-0.2, 0) is 4.79 Å². The number of hydrogen-bond acceptors (Lipinski definition) is 3. The summed E-state index contributed by atoms with van der Waals surface area (Å²) in [5.41, 5.74) is -0.242. The van der Waals surface area contributed by atoms with E-state index in [9.17, 15) is 9.59 Å². The van der Waals surface area contributed by atoms with Crippen LogP contribution in [0.1, 0.15) is 6.42 Å². The van der Waals surface area contributed by atoms with E-state index in [0.717, 1.165) is 4.90 Å². The number of aliphatic hydroxyl groups excluding tert-OH is 1. The van der Waals surface area contributed by atoms with E-state index in [4.69, 9.17) is 15.3 Å². The fourth-order valence-electron chi connectivity index (χ4n) is 1.11. The van der Waals surface area contributed by atoms with Crippen LogP contribution in [0.3, 0.4) is 0 Å². The number of carboxylic acids is 1. The van der Waals surface area contributed by atoms with Gasteiger partial charge in [-0.15, -0.1) is 0 Å². The molecule has 0 unspecified atom stereocenters. The Kier molecular flexibility index (Phi) is 2.41. The van der Waals surface area contributed by atoms with Gasteiger partial charge in [0.15, 0.2) is 0 Å². The summed E-state index contributed by atoms with van der Waals surface area (Å²) in [6.45, 7) is -0.117. The van der Waals surface area contributed by atoms with Gasteiger partial charge in [0, 0.05) is 13.0 Å². The molecule has 1 amide bonds. The molecule has 72 valence electrons. The molecule has 0 aromatic heterocycles. The molecule has 13 heavy (non-hydrogen) atoms. The van der Waals surface area contributed by atoms with Gasteiger partial charge in [-0.3, -0.25) is 0 Å². The number of aliphatic hydroxyl groups is 1. The molecule has 6 heteroatoms. The van der Waals surface area contributed by atoms with Crippen LogP contribution in [0.4, 0.5) is 4.79 Å². The van der Waals surface area contributed by atoms with Crippen molar-refractivity contribution in [1.82, 2.24) is 4.90 Å². The van der Waals surface area contributed by atoms with Crippen LogP contribution < -0.4 is 0 Å². The van der Waals surface area contributed by atoms with E-state index in [2.05, 4.69) is 0 Å². The second-order valence-corrected chi connectivity index (χ2v) is 2.68. The van der Waals surface area contributed by atoms with Gasteiger partial charge in [-0.05, 0) is 0 Å². The maximum atomic E-state index is 10.5. The number of hydrogen-bond donors (Lipinski definition) is 3. The fourth-order valence-corrected chi connectivity index (χ4v) is 1.11. The van der Waals surface area contributed by atoms with E-state index in [1.54, 1.807) is 0 Å². The van der Waals surface area contributed by atoms with Crippen LogP contribution in [0.25, 0.3) is 0 Å². The quantitative estimate of drug-likeness (QED) is 0.547. The Hall–Kier alpha value is -1.72. The number of amides is 1. The molecule has 1 aliphatic rings. The highest BCUT2D eigenvalue weighted by Gasteiger charge is 2.25. The van der Waals surface area contributed by atoms with Crippen molar-refractivity contribution in [2.75, 3.05) is 13.1 Å². The third-order valence-corrected chi connectivity index (χ3v) is 1.84. The van der Waals surface area contributed by atoms with E-state index >= 15 is 0 Å². The summed E-state index contributed by atoms with van der Waals surface area (Å²) in [6, 6.07) is 0. The van der Waals surface area contributed by atoms with Gasteiger partial charge in [-0.25, -0.2) is 9.59 Å². The molecular formula is C7H9NO5. The zero-order valence-electron chi connectivity index (χ0n) is 6.73. The number of aliphatic carboxylic acids is 1. The monoisotopic (exact) mass is 187 g/mol. The summed E-state index contributed by atoms with van der Waals surface area (Å²) in [5.74, 6) is -1.51. The molecule has 3 N–H and O–H groups in total. The van der Waals surface area contributed by atoms with E-state index in [1.807, 2.05) is 0 Å². The van der Waals surface area contributed by atoms with Crippen molar-refractivity contribution >= 4 is 12.1 Å². The summed E-state index contributed by atoms with van der Waals surface area (Å²) >= 11 is 0. The molecule has 0 radical (unpaired) electrons. The molecule has 0 atom stereocenters. The number of nitrogens with zero attached hydrogens (tertiary/aromatic N) is 1. The summed E-state index contributed by atoms with van der Waals surface area (Å²) in [6.07, 6.45) is -1.11. The first-order valence-corrected chi connectivity index (χ1v) is 3.64. The highest BCUT2D eigenvalue weighted by atomic mass is 16.4. The molecule has 0 saturated heterocycles. The summed E-state index contributed by atoms with van der Waals surface area (Å²) in [7, 11) is 0. The molecule has 0 bridgehead atoms. The SMILES string of the molecule is O=C(O)C1=C(O)CCN(C(=O)O)C1. The molecule has 0 fully saturated rings. The van der Waals surface area contributed by atoms with Gasteiger partial charge >= 0.3 is 12.1 Å². The van der Waals surface area contributed by atoms with Crippen LogP contribution in [-0.4, -0.2) is 45.4 Å². The Morgan fingerprint density at radius 1 is 1.31 bits per heavy atom. The lowest BCUT2D eigenvalue weighted by Gasteiger charge is -2.24. The van der Waals surface area contributed by atoms with Crippen LogP contribution in [0.15, 0.2) is 11.3 Å². The first-order chi connectivity index (χ1) is 6.02. The van der Waals surface area contributed by atoms with E-state index in [1.165, 1.54) is 0 Å². The van der Waals surface area contributed by atoms with Gasteiger partial charge < -0.3 is 20.2 Å². The van der Waals surface area contributed by atoms with Gasteiger partial charge in [-0.1, -0.05) is 0 Å². The predicted octanol–water partition coefficient (Wildman–Crippen LogP) is 0.267. The largest absolute Gasteiger partial charge is 0.512 e. The highest BCUT2D eigenvalue weighted by molar-refractivity contribution is 5.88. The van der Waals surface area contributed by atoms with Crippen molar-refractivity contribution in [3.05, 3.63) is 11.3 Å². The highest BCUT2D eigenvalue weighted by Crippen LogP contribution is 2.15. The normalized spacial score (nSPS) is 17.4. The Balaban J connectivity index is 2.82. The Morgan fingerprint density at radius 3 is 2.38 bits per heavy atom. The molecule has 1 aliphatic heterocycles. The average Bonchev–Trinajstić information content (AvgIpc) is 2.04. The van der Waals surface area contributed by atoms with Crippen molar-refractivity contribution in [2.24, 2.45) is 0 Å². The standard InChI is InChI=1S/C7H9NO5/c9-5-1-2-8(7(12)13)3-4(5)6(10)11/h9H,1-3H2,(H,10,11)(H,12,13). The fraction of sp³-hybridized carbons (Fsp3) is 0.429. The molecule has 0 aromatic rings. The van der Waals surface area contributed by atoms with E-state index in [-0.39, 0.29) is 30.8 Å². The number of carboxylic acid groups (broad SMARTS) is 2. The first kappa shape index (κ1) is 9.37. The van der Waals surface area contributed by atoms with E-state index < -0.39 is 12.1 Å². The van der Waals surface area contributed by atoms with Crippen molar-refractivity contribution < 1.29 is 24.9 Å². The minimum absolute atomic E-state index is 0.0634.